The van der Waals surface area contributed by atoms with Gasteiger partial charge in [0.2, 0.25) is 0 Å². The van der Waals surface area contributed by atoms with Crippen LogP contribution in [0.5, 0.6) is 5.75 Å². The standard InChI is InChI=1S/C20H23NO4/c1-14-5-7-18(8-6-14)24-13-16-4-3-9-21(12-16)20(23)19-11-17(22)10-15(2)25-19/h5-8,10-11,16H,3-4,9,12-13H2,1-2H3/t16-/m1/s1. The molecule has 2 heterocycles. The highest BCUT2D eigenvalue weighted by Crippen LogP contribution is 2.20. The number of nitrogens with zero attached hydrogens (tertiary/aromatic N) is 1. The van der Waals surface area contributed by atoms with Gasteiger partial charge in [-0.1, -0.05) is 17.7 Å². The minimum Gasteiger partial charge on any atom is -0.493 e. The van der Waals surface area contributed by atoms with Crippen molar-refractivity contribution in [3.63, 3.8) is 0 Å². The maximum absolute atomic E-state index is 12.6. The van der Waals surface area contributed by atoms with Crippen LogP contribution in [0.4, 0.5) is 0 Å². The first kappa shape index (κ1) is 17.3. The van der Waals surface area contributed by atoms with Crippen LogP contribution in [0.1, 0.15) is 34.7 Å². The van der Waals surface area contributed by atoms with Gasteiger partial charge in [0, 0.05) is 31.1 Å². The number of ether oxygens (including phenoxy) is 1. The van der Waals surface area contributed by atoms with Gasteiger partial charge in [-0.25, -0.2) is 0 Å². The minimum atomic E-state index is -0.221. The minimum absolute atomic E-state index is 0.116. The lowest BCUT2D eigenvalue weighted by molar-refractivity contribution is 0.0598. The number of rotatable bonds is 4. The topological polar surface area (TPSA) is 59.8 Å². The first-order valence-electron chi connectivity index (χ1n) is 8.62. The van der Waals surface area contributed by atoms with Crippen molar-refractivity contribution in [1.82, 2.24) is 4.90 Å². The summed E-state index contributed by atoms with van der Waals surface area (Å²) < 4.78 is 11.3. The summed E-state index contributed by atoms with van der Waals surface area (Å²) in [7, 11) is 0. The predicted molar refractivity (Wildman–Crippen MR) is 95.0 cm³/mol. The van der Waals surface area contributed by atoms with Gasteiger partial charge in [-0.3, -0.25) is 9.59 Å². The molecular formula is C20H23NO4. The van der Waals surface area contributed by atoms with Crippen molar-refractivity contribution in [2.75, 3.05) is 19.7 Å². The number of piperidine rings is 1. The van der Waals surface area contributed by atoms with E-state index in [-0.39, 0.29) is 23.0 Å². The molecule has 1 amide bonds. The highest BCUT2D eigenvalue weighted by molar-refractivity contribution is 5.91. The highest BCUT2D eigenvalue weighted by Gasteiger charge is 2.26. The van der Waals surface area contributed by atoms with Crippen molar-refractivity contribution < 1.29 is 13.9 Å². The molecule has 2 aromatic rings. The maximum Gasteiger partial charge on any atom is 0.289 e. The molecule has 0 unspecified atom stereocenters. The fourth-order valence-electron chi connectivity index (χ4n) is 3.10. The maximum atomic E-state index is 12.6. The van der Waals surface area contributed by atoms with E-state index >= 15 is 0 Å². The zero-order valence-corrected chi connectivity index (χ0v) is 14.7. The summed E-state index contributed by atoms with van der Waals surface area (Å²) in [6.45, 7) is 5.58. The molecule has 5 heteroatoms. The molecule has 1 aromatic heterocycles. The molecule has 1 saturated heterocycles. The fourth-order valence-corrected chi connectivity index (χ4v) is 3.10. The van der Waals surface area contributed by atoms with Gasteiger partial charge in [-0.15, -0.1) is 0 Å². The van der Waals surface area contributed by atoms with Gasteiger partial charge in [0.1, 0.15) is 11.5 Å². The summed E-state index contributed by atoms with van der Waals surface area (Å²) in [6, 6.07) is 10.6. The summed E-state index contributed by atoms with van der Waals surface area (Å²) in [5.74, 6) is 1.47. The Balaban J connectivity index is 1.61. The average Bonchev–Trinajstić information content (AvgIpc) is 2.60. The number of hydrogen-bond donors (Lipinski definition) is 0. The molecule has 0 saturated carbocycles. The van der Waals surface area contributed by atoms with Gasteiger partial charge in [-0.2, -0.15) is 0 Å². The zero-order valence-electron chi connectivity index (χ0n) is 14.7. The first-order valence-corrected chi connectivity index (χ1v) is 8.62. The van der Waals surface area contributed by atoms with Crippen LogP contribution < -0.4 is 10.2 Å². The number of aryl methyl sites for hydroxylation is 2. The summed E-state index contributed by atoms with van der Waals surface area (Å²) in [5, 5.41) is 0. The normalized spacial score (nSPS) is 17.4. The summed E-state index contributed by atoms with van der Waals surface area (Å²) in [4.78, 5) is 26.0. The van der Waals surface area contributed by atoms with Crippen LogP contribution >= 0.6 is 0 Å². The molecule has 1 fully saturated rings. The van der Waals surface area contributed by atoms with Gasteiger partial charge < -0.3 is 14.1 Å². The van der Waals surface area contributed by atoms with E-state index in [2.05, 4.69) is 0 Å². The van der Waals surface area contributed by atoms with Crippen molar-refractivity contribution in [3.05, 3.63) is 63.7 Å². The second kappa shape index (κ2) is 7.55. The van der Waals surface area contributed by atoms with Crippen LogP contribution in [0.25, 0.3) is 0 Å². The zero-order chi connectivity index (χ0) is 17.8. The monoisotopic (exact) mass is 341 g/mol. The van der Waals surface area contributed by atoms with Crippen LogP contribution in [-0.2, 0) is 0 Å². The third-order valence-electron chi connectivity index (χ3n) is 4.41. The molecule has 0 N–H and O–H groups in total. The Bertz CT molecular complexity index is 794. The number of benzene rings is 1. The molecule has 1 aromatic carbocycles. The van der Waals surface area contributed by atoms with Crippen LogP contribution in [0.2, 0.25) is 0 Å². The molecule has 25 heavy (non-hydrogen) atoms. The summed E-state index contributed by atoms with van der Waals surface area (Å²) >= 11 is 0. The second-order valence-corrected chi connectivity index (χ2v) is 6.65. The Labute approximate surface area is 147 Å². The molecule has 5 nitrogen and oxygen atoms in total. The van der Waals surface area contributed by atoms with Crippen molar-refractivity contribution >= 4 is 5.91 Å². The lowest BCUT2D eigenvalue weighted by atomic mass is 9.98. The van der Waals surface area contributed by atoms with E-state index in [1.165, 1.54) is 17.7 Å². The molecule has 1 atom stereocenters. The number of carbonyl (C=O) groups is 1. The molecule has 0 aliphatic carbocycles. The van der Waals surface area contributed by atoms with Crippen molar-refractivity contribution in [1.29, 1.82) is 0 Å². The van der Waals surface area contributed by atoms with E-state index in [9.17, 15) is 9.59 Å². The average molecular weight is 341 g/mol. The van der Waals surface area contributed by atoms with Gasteiger partial charge in [-0.05, 0) is 38.8 Å². The molecule has 1 aliphatic heterocycles. The van der Waals surface area contributed by atoms with E-state index in [1.54, 1.807) is 11.8 Å². The van der Waals surface area contributed by atoms with E-state index in [1.807, 2.05) is 31.2 Å². The molecular weight excluding hydrogens is 318 g/mol. The largest absolute Gasteiger partial charge is 0.493 e. The van der Waals surface area contributed by atoms with Gasteiger partial charge in [0.15, 0.2) is 11.2 Å². The number of likely N-dealkylation sites (tertiary alicyclic amines) is 1. The van der Waals surface area contributed by atoms with Crippen molar-refractivity contribution in [3.8, 4) is 5.75 Å². The van der Waals surface area contributed by atoms with Crippen LogP contribution in [0.15, 0.2) is 45.6 Å². The third kappa shape index (κ3) is 4.50. The Morgan fingerprint density at radius 1 is 1.24 bits per heavy atom. The Morgan fingerprint density at radius 3 is 2.72 bits per heavy atom. The predicted octanol–water partition coefficient (Wildman–Crippen LogP) is 3.19. The second-order valence-electron chi connectivity index (χ2n) is 6.65. The third-order valence-corrected chi connectivity index (χ3v) is 4.41. The van der Waals surface area contributed by atoms with E-state index in [0.717, 1.165) is 18.6 Å². The molecule has 0 bridgehead atoms. The molecule has 0 spiro atoms. The van der Waals surface area contributed by atoms with Gasteiger partial charge in [0.25, 0.3) is 5.91 Å². The van der Waals surface area contributed by atoms with Crippen molar-refractivity contribution in [2.45, 2.75) is 26.7 Å². The molecule has 0 radical (unpaired) electrons. The van der Waals surface area contributed by atoms with Crippen molar-refractivity contribution in [2.24, 2.45) is 5.92 Å². The first-order chi connectivity index (χ1) is 12.0. The van der Waals surface area contributed by atoms with Crippen LogP contribution in [-0.4, -0.2) is 30.5 Å². The van der Waals surface area contributed by atoms with Gasteiger partial charge >= 0.3 is 0 Å². The Morgan fingerprint density at radius 2 is 2.00 bits per heavy atom. The summed E-state index contributed by atoms with van der Waals surface area (Å²) in [6.07, 6.45) is 1.94. The van der Waals surface area contributed by atoms with Gasteiger partial charge in [0.05, 0.1) is 6.61 Å². The van der Waals surface area contributed by atoms with E-state index in [4.69, 9.17) is 9.15 Å². The molecule has 132 valence electrons. The van der Waals surface area contributed by atoms with E-state index in [0.29, 0.717) is 25.5 Å². The highest BCUT2D eigenvalue weighted by atomic mass is 16.5. The quantitative estimate of drug-likeness (QED) is 0.857. The SMILES string of the molecule is Cc1ccc(OC[C@@H]2CCCN(C(=O)c3cc(=O)cc(C)o3)C2)cc1. The lowest BCUT2D eigenvalue weighted by Gasteiger charge is -2.32. The van der Waals surface area contributed by atoms with Crippen LogP contribution in [0, 0.1) is 19.8 Å². The molecule has 1 aliphatic rings. The lowest BCUT2D eigenvalue weighted by Crippen LogP contribution is -2.41. The Hall–Kier alpha value is -2.56. The smallest absolute Gasteiger partial charge is 0.289 e. The van der Waals surface area contributed by atoms with Crippen LogP contribution in [0.3, 0.4) is 0 Å². The fraction of sp³-hybridized carbons (Fsp3) is 0.400. The molecule has 3 rings (SSSR count). The summed E-state index contributed by atoms with van der Waals surface area (Å²) in [5.41, 5.74) is 0.991. The Kier molecular flexibility index (Phi) is 5.22. The number of carbonyl (C=O) groups excluding carboxylic acids is 1. The number of hydrogen-bond acceptors (Lipinski definition) is 4. The number of amides is 1. The van der Waals surface area contributed by atoms with E-state index < -0.39 is 0 Å².